The Morgan fingerprint density at radius 2 is 2.29 bits per heavy atom. The molecule has 17 heavy (non-hydrogen) atoms. The predicted molar refractivity (Wildman–Crippen MR) is 56.7 cm³/mol. The van der Waals surface area contributed by atoms with Gasteiger partial charge in [-0.25, -0.2) is 14.2 Å². The van der Waals surface area contributed by atoms with Crippen molar-refractivity contribution in [2.75, 3.05) is 6.54 Å². The molecule has 0 fully saturated rings. The second-order valence-electron chi connectivity index (χ2n) is 3.04. The molecule has 6 heteroatoms. The molecule has 0 unspecified atom stereocenters. The minimum atomic E-state index is -1.38. The van der Waals surface area contributed by atoms with Gasteiger partial charge in [0.05, 0.1) is 12.1 Å². The van der Waals surface area contributed by atoms with E-state index in [1.165, 1.54) is 6.92 Å². The number of carboxylic acid groups (broad SMARTS) is 1. The summed E-state index contributed by atoms with van der Waals surface area (Å²) in [7, 11) is 0. The number of carbonyl (C=O) groups excluding carboxylic acids is 1. The Morgan fingerprint density at radius 1 is 1.59 bits per heavy atom. The molecular formula is C11H9FN2O3. The molecular weight excluding hydrogens is 227 g/mol. The molecule has 2 N–H and O–H groups in total. The largest absolute Gasteiger partial charge is 0.478 e. The van der Waals surface area contributed by atoms with Gasteiger partial charge in [-0.15, -0.1) is 0 Å². The van der Waals surface area contributed by atoms with Crippen LogP contribution in [-0.4, -0.2) is 28.5 Å². The third kappa shape index (κ3) is 3.57. The monoisotopic (exact) mass is 236 g/mol. The lowest BCUT2D eigenvalue weighted by Gasteiger charge is -1.98. The summed E-state index contributed by atoms with van der Waals surface area (Å²) in [6, 6.07) is 1.05. The number of nitrogens with one attached hydrogen (secondary N) is 1. The standard InChI is InChI=1S/C11H9FN2O3/c1-7(15)13-5-2-3-9-10(12)8(11(16)17)4-6-14-9/h4,6H,5H2,1H3,(H,13,15)(H,16,17). The van der Waals surface area contributed by atoms with E-state index in [0.29, 0.717) is 0 Å². The Hall–Kier alpha value is -2.42. The Kier molecular flexibility index (Phi) is 4.17. The maximum atomic E-state index is 13.5. The van der Waals surface area contributed by atoms with Gasteiger partial charge in [0.25, 0.3) is 0 Å². The van der Waals surface area contributed by atoms with Gasteiger partial charge in [-0.2, -0.15) is 0 Å². The minimum Gasteiger partial charge on any atom is -0.478 e. The van der Waals surface area contributed by atoms with Crippen molar-refractivity contribution in [2.24, 2.45) is 0 Å². The number of amides is 1. The van der Waals surface area contributed by atoms with Gasteiger partial charge >= 0.3 is 5.97 Å². The molecule has 1 rings (SSSR count). The van der Waals surface area contributed by atoms with Crippen molar-refractivity contribution in [1.82, 2.24) is 10.3 Å². The van der Waals surface area contributed by atoms with Crippen LogP contribution in [0.3, 0.4) is 0 Å². The summed E-state index contributed by atoms with van der Waals surface area (Å²) in [5, 5.41) is 11.1. The molecule has 0 bridgehead atoms. The minimum absolute atomic E-state index is 0.0494. The first-order valence-electron chi connectivity index (χ1n) is 4.63. The zero-order valence-electron chi connectivity index (χ0n) is 8.95. The molecule has 0 aliphatic rings. The summed E-state index contributed by atoms with van der Waals surface area (Å²) >= 11 is 0. The van der Waals surface area contributed by atoms with Gasteiger partial charge in [-0.1, -0.05) is 5.92 Å². The van der Waals surface area contributed by atoms with Crippen molar-refractivity contribution in [3.05, 3.63) is 29.3 Å². The average molecular weight is 236 g/mol. The van der Waals surface area contributed by atoms with Gasteiger partial charge in [-0.05, 0) is 12.0 Å². The van der Waals surface area contributed by atoms with Crippen LogP contribution in [0.2, 0.25) is 0 Å². The second-order valence-corrected chi connectivity index (χ2v) is 3.04. The highest BCUT2D eigenvalue weighted by Crippen LogP contribution is 2.08. The molecule has 0 atom stereocenters. The molecule has 5 nitrogen and oxygen atoms in total. The first-order chi connectivity index (χ1) is 8.02. The Morgan fingerprint density at radius 3 is 2.88 bits per heavy atom. The highest BCUT2D eigenvalue weighted by Gasteiger charge is 2.13. The van der Waals surface area contributed by atoms with Crippen molar-refractivity contribution in [3.63, 3.8) is 0 Å². The maximum absolute atomic E-state index is 13.5. The van der Waals surface area contributed by atoms with E-state index in [-0.39, 0.29) is 18.1 Å². The first-order valence-corrected chi connectivity index (χ1v) is 4.63. The highest BCUT2D eigenvalue weighted by molar-refractivity contribution is 5.88. The Labute approximate surface area is 96.7 Å². The van der Waals surface area contributed by atoms with Crippen LogP contribution < -0.4 is 5.32 Å². The lowest BCUT2D eigenvalue weighted by Crippen LogP contribution is -2.19. The van der Waals surface area contributed by atoms with E-state index in [4.69, 9.17) is 5.11 Å². The number of carboxylic acids is 1. The van der Waals surface area contributed by atoms with Crippen LogP contribution in [0.25, 0.3) is 0 Å². The third-order valence-corrected chi connectivity index (χ3v) is 1.75. The van der Waals surface area contributed by atoms with Gasteiger partial charge in [0.2, 0.25) is 5.91 Å². The zero-order valence-corrected chi connectivity index (χ0v) is 8.95. The van der Waals surface area contributed by atoms with Crippen LogP contribution in [-0.2, 0) is 4.79 Å². The number of nitrogens with zero attached hydrogens (tertiary/aromatic N) is 1. The summed E-state index contributed by atoms with van der Waals surface area (Å²) in [5.41, 5.74) is -0.737. The number of aromatic nitrogens is 1. The summed E-state index contributed by atoms with van der Waals surface area (Å²) in [6.45, 7) is 1.37. The van der Waals surface area contributed by atoms with Crippen LogP contribution in [0.5, 0.6) is 0 Å². The lowest BCUT2D eigenvalue weighted by atomic mass is 10.2. The molecule has 0 aromatic carbocycles. The summed E-state index contributed by atoms with van der Waals surface area (Å²) in [5.74, 6) is 2.20. The summed E-state index contributed by atoms with van der Waals surface area (Å²) in [4.78, 5) is 24.8. The second kappa shape index (κ2) is 5.61. The fourth-order valence-corrected chi connectivity index (χ4v) is 0.993. The van der Waals surface area contributed by atoms with E-state index in [2.05, 4.69) is 22.1 Å². The first kappa shape index (κ1) is 12.6. The summed E-state index contributed by atoms with van der Waals surface area (Å²) < 4.78 is 13.5. The van der Waals surface area contributed by atoms with E-state index in [0.717, 1.165) is 12.3 Å². The van der Waals surface area contributed by atoms with Gasteiger partial charge in [0.15, 0.2) is 5.82 Å². The molecule has 0 radical (unpaired) electrons. The SMILES string of the molecule is CC(=O)NCC#Cc1nccc(C(=O)O)c1F. The molecule has 0 saturated carbocycles. The fourth-order valence-electron chi connectivity index (χ4n) is 0.993. The van der Waals surface area contributed by atoms with Crippen molar-refractivity contribution in [3.8, 4) is 11.8 Å². The number of rotatable bonds is 2. The van der Waals surface area contributed by atoms with Crippen LogP contribution in [0, 0.1) is 17.7 Å². The number of hydrogen-bond acceptors (Lipinski definition) is 3. The Balaban J connectivity index is 2.88. The van der Waals surface area contributed by atoms with Crippen molar-refractivity contribution < 1.29 is 19.1 Å². The number of hydrogen-bond donors (Lipinski definition) is 2. The molecule has 1 aromatic rings. The van der Waals surface area contributed by atoms with Crippen LogP contribution in [0.15, 0.2) is 12.3 Å². The molecule has 1 heterocycles. The molecule has 1 aromatic heterocycles. The fraction of sp³-hybridized carbons (Fsp3) is 0.182. The quantitative estimate of drug-likeness (QED) is 0.729. The van der Waals surface area contributed by atoms with Gasteiger partial charge in [0, 0.05) is 13.1 Å². The third-order valence-electron chi connectivity index (χ3n) is 1.75. The van der Waals surface area contributed by atoms with E-state index in [9.17, 15) is 14.0 Å². The number of pyridine rings is 1. The van der Waals surface area contributed by atoms with Crippen LogP contribution in [0.1, 0.15) is 23.0 Å². The average Bonchev–Trinajstić information content (AvgIpc) is 2.25. The molecule has 0 spiro atoms. The van der Waals surface area contributed by atoms with Crippen molar-refractivity contribution in [2.45, 2.75) is 6.92 Å². The molecule has 0 saturated heterocycles. The van der Waals surface area contributed by atoms with Crippen LogP contribution >= 0.6 is 0 Å². The van der Waals surface area contributed by atoms with Crippen LogP contribution in [0.4, 0.5) is 4.39 Å². The zero-order chi connectivity index (χ0) is 12.8. The van der Waals surface area contributed by atoms with Gasteiger partial charge in [0.1, 0.15) is 5.69 Å². The van der Waals surface area contributed by atoms with E-state index >= 15 is 0 Å². The highest BCUT2D eigenvalue weighted by atomic mass is 19.1. The number of aromatic carboxylic acids is 1. The summed E-state index contributed by atoms with van der Waals surface area (Å²) in [6.07, 6.45) is 1.16. The van der Waals surface area contributed by atoms with E-state index in [1.54, 1.807) is 0 Å². The molecule has 88 valence electrons. The van der Waals surface area contributed by atoms with E-state index in [1.807, 2.05) is 0 Å². The normalized spacial score (nSPS) is 9.06. The van der Waals surface area contributed by atoms with E-state index < -0.39 is 17.3 Å². The predicted octanol–water partition coefficient (Wildman–Crippen LogP) is 0.406. The smallest absolute Gasteiger partial charge is 0.338 e. The molecule has 0 aliphatic carbocycles. The van der Waals surface area contributed by atoms with Gasteiger partial charge in [-0.3, -0.25) is 4.79 Å². The van der Waals surface area contributed by atoms with Crippen molar-refractivity contribution >= 4 is 11.9 Å². The number of halogens is 1. The molecule has 0 aliphatic heterocycles. The van der Waals surface area contributed by atoms with Crippen molar-refractivity contribution in [1.29, 1.82) is 0 Å². The lowest BCUT2D eigenvalue weighted by molar-refractivity contribution is -0.118. The topological polar surface area (TPSA) is 79.3 Å². The number of carbonyl (C=O) groups is 2. The maximum Gasteiger partial charge on any atom is 0.338 e. The Bertz CT molecular complexity index is 517. The van der Waals surface area contributed by atoms with Gasteiger partial charge < -0.3 is 10.4 Å². The molecule has 1 amide bonds.